The van der Waals surface area contributed by atoms with Crippen molar-refractivity contribution in [3.05, 3.63) is 52.7 Å². The zero-order chi connectivity index (χ0) is 23.0. The summed E-state index contributed by atoms with van der Waals surface area (Å²) in [7, 11) is 0. The second-order valence-corrected chi connectivity index (χ2v) is 8.11. The van der Waals surface area contributed by atoms with Crippen LogP contribution in [0.5, 0.6) is 0 Å². The number of benzene rings is 1. The Morgan fingerprint density at radius 2 is 2.12 bits per heavy atom. The largest absolute Gasteiger partial charge is 0.365 e. The maximum absolute atomic E-state index is 13.8. The Balaban J connectivity index is 1.59. The first-order valence-corrected chi connectivity index (χ1v) is 10.3. The third-order valence-electron chi connectivity index (χ3n) is 5.16. The van der Waals surface area contributed by atoms with Gasteiger partial charge in [-0.15, -0.1) is 11.6 Å². The molecule has 0 fully saturated rings. The number of halogens is 3. The highest BCUT2D eigenvalue weighted by Crippen LogP contribution is 2.32. The average molecular weight is 476 g/mol. The number of aromatic nitrogens is 2. The lowest BCUT2D eigenvalue weighted by molar-refractivity contribution is 0.0996. The number of alkyl halides is 1. The number of nitrogens with two attached hydrogens (primary N) is 1. The molecular weight excluding hydrogens is 460 g/mol. The van der Waals surface area contributed by atoms with E-state index >= 15 is 0 Å². The van der Waals surface area contributed by atoms with E-state index in [1.54, 1.807) is 10.8 Å². The van der Waals surface area contributed by atoms with Crippen LogP contribution in [0.2, 0.25) is 0 Å². The lowest BCUT2D eigenvalue weighted by atomic mass is 10.0. The number of fused-ring (bicyclic) bond motifs is 1. The monoisotopic (exact) mass is 475 g/mol. The highest BCUT2D eigenvalue weighted by Gasteiger charge is 2.32. The SMILES string of the molecule is N#Cc1ccc(NC(=O)N2CCn3nc(C4=CN=C(Cl)C(Cl)C4)c(C(N)=O)c3C2)cc1F. The molecule has 1 aromatic carbocycles. The molecule has 0 radical (unpaired) electrons. The second-order valence-electron chi connectivity index (χ2n) is 7.19. The first kappa shape index (κ1) is 21.8. The number of hydrogen-bond donors (Lipinski definition) is 2. The molecule has 1 aromatic heterocycles. The minimum atomic E-state index is -0.733. The minimum absolute atomic E-state index is 0.0669. The van der Waals surface area contributed by atoms with Crippen LogP contribution >= 0.6 is 23.2 Å². The Labute approximate surface area is 191 Å². The van der Waals surface area contributed by atoms with Gasteiger partial charge < -0.3 is 16.0 Å². The first-order valence-electron chi connectivity index (χ1n) is 9.50. The van der Waals surface area contributed by atoms with Crippen LogP contribution < -0.4 is 11.1 Å². The lowest BCUT2D eigenvalue weighted by Gasteiger charge is -2.28. The van der Waals surface area contributed by atoms with E-state index in [1.165, 1.54) is 23.2 Å². The molecule has 2 aliphatic heterocycles. The standard InChI is InChI=1S/C20H16Cl2FN7O2/c21-13-5-11(8-26-18(13)22)17-16(19(25)31)15-9-29(3-4-30(15)28-17)20(32)27-12-2-1-10(7-24)14(23)6-12/h1-2,6,8,13H,3-5,9H2,(H2,25,31)(H,27,32). The number of rotatable bonds is 3. The van der Waals surface area contributed by atoms with Crippen molar-refractivity contribution in [3.63, 3.8) is 0 Å². The fourth-order valence-corrected chi connectivity index (χ4v) is 3.92. The predicted octanol–water partition coefficient (Wildman–Crippen LogP) is 3.03. The number of primary amides is 1. The van der Waals surface area contributed by atoms with Crippen LogP contribution in [0.15, 0.2) is 29.4 Å². The van der Waals surface area contributed by atoms with E-state index in [0.29, 0.717) is 36.5 Å². The predicted molar refractivity (Wildman–Crippen MR) is 117 cm³/mol. The number of carbonyl (C=O) groups is 2. The smallest absolute Gasteiger partial charge is 0.322 e. The molecule has 0 saturated heterocycles. The van der Waals surface area contributed by atoms with Gasteiger partial charge in [-0.1, -0.05) is 11.6 Å². The molecule has 3 heterocycles. The Bertz CT molecular complexity index is 1230. The number of allylic oxidation sites excluding steroid dienone is 1. The van der Waals surface area contributed by atoms with Crippen LogP contribution in [0.3, 0.4) is 0 Å². The van der Waals surface area contributed by atoms with E-state index in [4.69, 9.17) is 34.2 Å². The number of anilines is 1. The Hall–Kier alpha value is -3.42. The molecule has 1 unspecified atom stereocenters. The molecule has 0 spiro atoms. The molecule has 1 atom stereocenters. The quantitative estimate of drug-likeness (QED) is 0.660. The zero-order valence-electron chi connectivity index (χ0n) is 16.5. The molecule has 32 heavy (non-hydrogen) atoms. The van der Waals surface area contributed by atoms with E-state index in [2.05, 4.69) is 15.4 Å². The van der Waals surface area contributed by atoms with E-state index < -0.39 is 23.1 Å². The van der Waals surface area contributed by atoms with Crippen LogP contribution in [0.1, 0.15) is 33.7 Å². The van der Waals surface area contributed by atoms with Crippen molar-refractivity contribution in [2.45, 2.75) is 24.9 Å². The topological polar surface area (TPSA) is 129 Å². The van der Waals surface area contributed by atoms with Gasteiger partial charge in [0.2, 0.25) is 0 Å². The summed E-state index contributed by atoms with van der Waals surface area (Å²) < 4.78 is 15.5. The molecule has 3 amide bonds. The summed E-state index contributed by atoms with van der Waals surface area (Å²) in [5.74, 6) is -1.42. The van der Waals surface area contributed by atoms with Gasteiger partial charge in [-0.25, -0.2) is 14.2 Å². The summed E-state index contributed by atoms with van der Waals surface area (Å²) in [5.41, 5.74) is 7.38. The van der Waals surface area contributed by atoms with E-state index in [-0.39, 0.29) is 28.5 Å². The van der Waals surface area contributed by atoms with Crippen LogP contribution in [-0.4, -0.2) is 43.7 Å². The van der Waals surface area contributed by atoms with Crippen molar-refractivity contribution in [1.82, 2.24) is 14.7 Å². The summed E-state index contributed by atoms with van der Waals surface area (Å²) in [5, 5.41) is 15.6. The molecule has 164 valence electrons. The minimum Gasteiger partial charge on any atom is -0.365 e. The molecular formula is C20H16Cl2FN7O2. The van der Waals surface area contributed by atoms with Gasteiger partial charge >= 0.3 is 6.03 Å². The summed E-state index contributed by atoms with van der Waals surface area (Å²) in [4.78, 5) is 30.5. The summed E-state index contributed by atoms with van der Waals surface area (Å²) >= 11 is 12.1. The van der Waals surface area contributed by atoms with Crippen molar-refractivity contribution < 1.29 is 14.0 Å². The Morgan fingerprint density at radius 3 is 2.78 bits per heavy atom. The van der Waals surface area contributed by atoms with Crippen molar-refractivity contribution in [3.8, 4) is 6.07 Å². The van der Waals surface area contributed by atoms with Gasteiger partial charge in [-0.2, -0.15) is 10.4 Å². The van der Waals surface area contributed by atoms with Gasteiger partial charge in [0.15, 0.2) is 0 Å². The number of nitrogens with one attached hydrogen (secondary N) is 1. The van der Waals surface area contributed by atoms with Gasteiger partial charge in [0, 0.05) is 24.0 Å². The lowest BCUT2D eigenvalue weighted by Crippen LogP contribution is -2.41. The van der Waals surface area contributed by atoms with E-state index in [1.807, 2.05) is 0 Å². The highest BCUT2D eigenvalue weighted by atomic mass is 35.5. The number of carbonyl (C=O) groups excluding carboxylic acids is 2. The normalized spacial score (nSPS) is 17.7. The van der Waals surface area contributed by atoms with Crippen LogP contribution in [0.4, 0.5) is 14.9 Å². The number of urea groups is 1. The Morgan fingerprint density at radius 1 is 1.34 bits per heavy atom. The van der Waals surface area contributed by atoms with Crippen molar-refractivity contribution in [2.75, 3.05) is 11.9 Å². The maximum atomic E-state index is 13.8. The van der Waals surface area contributed by atoms with Gasteiger partial charge in [0.25, 0.3) is 5.91 Å². The molecule has 2 aliphatic rings. The van der Waals surface area contributed by atoms with Crippen molar-refractivity contribution >= 4 is 51.6 Å². The van der Waals surface area contributed by atoms with E-state index in [9.17, 15) is 14.0 Å². The van der Waals surface area contributed by atoms with Gasteiger partial charge in [-0.05, 0) is 24.6 Å². The summed E-state index contributed by atoms with van der Waals surface area (Å²) in [6.07, 6.45) is 1.83. The molecule has 9 nitrogen and oxygen atoms in total. The first-order chi connectivity index (χ1) is 15.3. The molecule has 3 N–H and O–H groups in total. The molecule has 4 rings (SSSR count). The molecule has 0 saturated carbocycles. The van der Waals surface area contributed by atoms with Crippen LogP contribution in [0.25, 0.3) is 5.57 Å². The fourth-order valence-electron chi connectivity index (χ4n) is 3.57. The number of aliphatic imine (C=N–C) groups is 1. The maximum Gasteiger partial charge on any atom is 0.322 e. The third kappa shape index (κ3) is 4.04. The number of hydrogen-bond acceptors (Lipinski definition) is 5. The van der Waals surface area contributed by atoms with E-state index in [0.717, 1.165) is 6.07 Å². The molecule has 0 aliphatic carbocycles. The fraction of sp³-hybridized carbons (Fsp3) is 0.250. The number of nitriles is 1. The van der Waals surface area contributed by atoms with Crippen LogP contribution in [-0.2, 0) is 13.1 Å². The van der Waals surface area contributed by atoms with Crippen molar-refractivity contribution in [1.29, 1.82) is 5.26 Å². The second kappa shape index (κ2) is 8.61. The number of nitrogens with zero attached hydrogens (tertiary/aromatic N) is 5. The van der Waals surface area contributed by atoms with Crippen LogP contribution in [0, 0.1) is 17.1 Å². The zero-order valence-corrected chi connectivity index (χ0v) is 18.0. The molecule has 0 bridgehead atoms. The average Bonchev–Trinajstić information content (AvgIpc) is 3.14. The van der Waals surface area contributed by atoms with Crippen molar-refractivity contribution in [2.24, 2.45) is 10.7 Å². The van der Waals surface area contributed by atoms with Gasteiger partial charge in [0.1, 0.15) is 22.8 Å². The highest BCUT2D eigenvalue weighted by molar-refractivity contribution is 6.71. The Kier molecular flexibility index (Phi) is 5.86. The summed E-state index contributed by atoms with van der Waals surface area (Å²) in [6.45, 7) is 0.696. The van der Waals surface area contributed by atoms with Gasteiger partial charge in [-0.3, -0.25) is 9.48 Å². The molecule has 12 heteroatoms. The molecule has 2 aromatic rings. The summed E-state index contributed by atoms with van der Waals surface area (Å²) in [6, 6.07) is 5.02. The third-order valence-corrected chi connectivity index (χ3v) is 5.99. The van der Waals surface area contributed by atoms with Gasteiger partial charge in [0.05, 0.1) is 35.3 Å². The number of amides is 3.